The number of rotatable bonds is 8. The summed E-state index contributed by atoms with van der Waals surface area (Å²) in [7, 11) is 0. The number of carbonyl (C=O) groups is 4. The molecule has 2 amide bonds. The van der Waals surface area contributed by atoms with Crippen LogP contribution >= 0.6 is 0 Å². The summed E-state index contributed by atoms with van der Waals surface area (Å²) in [5.74, 6) is -2.80. The van der Waals surface area contributed by atoms with Crippen LogP contribution in [0.4, 0.5) is 0 Å². The van der Waals surface area contributed by atoms with Crippen LogP contribution in [0.25, 0.3) is 0 Å². The molecule has 8 heteroatoms. The van der Waals surface area contributed by atoms with Gasteiger partial charge in [-0.15, -0.1) is 0 Å². The number of ketones is 1. The van der Waals surface area contributed by atoms with Crippen molar-refractivity contribution in [1.29, 1.82) is 0 Å². The van der Waals surface area contributed by atoms with Crippen molar-refractivity contribution in [2.45, 2.75) is 32.2 Å². The standard InChI is InChI=1S/C12H18N2O5.Na/c1-4-9(16)14-12(2,3)8(15)5-6-10(17)13-7-11(18)19;/h4H,1,5-7H2,2-3H3,(H,13,17)(H,14,16)(H,18,19);/q;+1/p-1. The van der Waals surface area contributed by atoms with Crippen LogP contribution in [-0.4, -0.2) is 35.7 Å². The minimum atomic E-state index is -1.40. The van der Waals surface area contributed by atoms with Crippen LogP contribution < -0.4 is 45.3 Å². The van der Waals surface area contributed by atoms with Crippen LogP contribution in [0.1, 0.15) is 26.7 Å². The summed E-state index contributed by atoms with van der Waals surface area (Å²) in [4.78, 5) is 44.2. The number of hydrogen-bond donors (Lipinski definition) is 2. The first-order chi connectivity index (χ1) is 8.69. The molecular formula is C12H17N2NaO5. The molecule has 0 heterocycles. The molecule has 106 valence electrons. The second-order valence-electron chi connectivity index (χ2n) is 4.39. The van der Waals surface area contributed by atoms with E-state index in [9.17, 15) is 24.3 Å². The smallest absolute Gasteiger partial charge is 0.548 e. The Hall–Kier alpha value is -1.18. The Morgan fingerprint density at radius 1 is 1.20 bits per heavy atom. The topological polar surface area (TPSA) is 115 Å². The Balaban J connectivity index is 0. The van der Waals surface area contributed by atoms with Gasteiger partial charge < -0.3 is 20.5 Å². The molecule has 0 spiro atoms. The minimum Gasteiger partial charge on any atom is -0.548 e. The first-order valence-electron chi connectivity index (χ1n) is 5.63. The fourth-order valence-electron chi connectivity index (χ4n) is 1.23. The molecule has 0 aliphatic carbocycles. The molecule has 0 rings (SSSR count). The van der Waals surface area contributed by atoms with Crippen molar-refractivity contribution in [3.63, 3.8) is 0 Å². The molecular weight excluding hydrogens is 275 g/mol. The predicted octanol–water partition coefficient (Wildman–Crippen LogP) is -4.71. The van der Waals surface area contributed by atoms with Crippen LogP contribution in [0.15, 0.2) is 12.7 Å². The van der Waals surface area contributed by atoms with Crippen LogP contribution in [0.2, 0.25) is 0 Å². The summed E-state index contributed by atoms with van der Waals surface area (Å²) < 4.78 is 0. The van der Waals surface area contributed by atoms with Gasteiger partial charge in [0.25, 0.3) is 0 Å². The molecule has 0 aliphatic heterocycles. The Morgan fingerprint density at radius 2 is 1.75 bits per heavy atom. The number of amides is 2. The van der Waals surface area contributed by atoms with E-state index in [-0.39, 0.29) is 48.2 Å². The summed E-state index contributed by atoms with van der Waals surface area (Å²) in [6.45, 7) is 5.70. The fraction of sp³-hybridized carbons (Fsp3) is 0.500. The van der Waals surface area contributed by atoms with E-state index in [4.69, 9.17) is 0 Å². The van der Waals surface area contributed by atoms with Gasteiger partial charge in [0.1, 0.15) is 0 Å². The Labute approximate surface area is 139 Å². The van der Waals surface area contributed by atoms with Gasteiger partial charge in [0.05, 0.1) is 18.1 Å². The number of hydrogen-bond acceptors (Lipinski definition) is 5. The molecule has 0 atom stereocenters. The average molecular weight is 292 g/mol. The SMILES string of the molecule is C=CC(=O)NC(C)(C)C(=O)CCC(=O)NCC(=O)[O-].[Na+]. The second kappa shape index (κ2) is 9.68. The van der Waals surface area contributed by atoms with E-state index < -0.39 is 29.9 Å². The van der Waals surface area contributed by atoms with Crippen molar-refractivity contribution in [3.8, 4) is 0 Å². The Kier molecular flexibility index (Phi) is 10.2. The number of aliphatic carboxylic acids is 1. The van der Waals surface area contributed by atoms with Crippen molar-refractivity contribution in [3.05, 3.63) is 12.7 Å². The first-order valence-corrected chi connectivity index (χ1v) is 5.63. The van der Waals surface area contributed by atoms with Crippen molar-refractivity contribution in [2.24, 2.45) is 0 Å². The molecule has 20 heavy (non-hydrogen) atoms. The number of carbonyl (C=O) groups excluding carboxylic acids is 4. The maximum absolute atomic E-state index is 11.8. The van der Waals surface area contributed by atoms with E-state index in [0.717, 1.165) is 6.08 Å². The van der Waals surface area contributed by atoms with Gasteiger partial charge in [-0.2, -0.15) is 0 Å². The van der Waals surface area contributed by atoms with Gasteiger partial charge in [0.15, 0.2) is 5.78 Å². The van der Waals surface area contributed by atoms with E-state index in [1.807, 2.05) is 0 Å². The van der Waals surface area contributed by atoms with Crippen molar-refractivity contribution in [1.82, 2.24) is 10.6 Å². The molecule has 0 aromatic heterocycles. The van der Waals surface area contributed by atoms with Gasteiger partial charge in [0.2, 0.25) is 11.8 Å². The molecule has 0 bridgehead atoms. The zero-order valence-electron chi connectivity index (χ0n) is 11.9. The number of nitrogens with one attached hydrogen (secondary N) is 2. The quantitative estimate of drug-likeness (QED) is 0.344. The third-order valence-corrected chi connectivity index (χ3v) is 2.33. The summed E-state index contributed by atoms with van der Waals surface area (Å²) >= 11 is 0. The van der Waals surface area contributed by atoms with Crippen molar-refractivity contribution >= 4 is 23.6 Å². The third kappa shape index (κ3) is 8.84. The summed E-state index contributed by atoms with van der Waals surface area (Å²) in [5.41, 5.74) is -1.11. The molecule has 0 fully saturated rings. The Bertz CT molecular complexity index is 407. The van der Waals surface area contributed by atoms with Crippen molar-refractivity contribution in [2.75, 3.05) is 6.54 Å². The molecule has 0 unspecified atom stereocenters. The van der Waals surface area contributed by atoms with Gasteiger partial charge in [-0.05, 0) is 19.9 Å². The molecule has 0 aromatic carbocycles. The first kappa shape index (κ1) is 21.1. The zero-order valence-corrected chi connectivity index (χ0v) is 13.9. The Morgan fingerprint density at radius 3 is 2.20 bits per heavy atom. The average Bonchev–Trinajstić information content (AvgIpc) is 2.32. The second-order valence-corrected chi connectivity index (χ2v) is 4.39. The van der Waals surface area contributed by atoms with E-state index in [1.54, 1.807) is 0 Å². The number of Topliss-reactive ketones (excluding diaryl/α,β-unsaturated/α-hetero) is 1. The van der Waals surface area contributed by atoms with Crippen LogP contribution in [0.3, 0.4) is 0 Å². The molecule has 7 nitrogen and oxygen atoms in total. The summed E-state index contributed by atoms with van der Waals surface area (Å²) in [6, 6.07) is 0. The molecule has 0 radical (unpaired) electrons. The van der Waals surface area contributed by atoms with E-state index in [0.29, 0.717) is 0 Å². The van der Waals surface area contributed by atoms with Gasteiger partial charge in [-0.3, -0.25) is 14.4 Å². The maximum atomic E-state index is 11.8. The van der Waals surface area contributed by atoms with Crippen LogP contribution in [0.5, 0.6) is 0 Å². The molecule has 0 aliphatic rings. The minimum absolute atomic E-state index is 0. The summed E-state index contributed by atoms with van der Waals surface area (Å²) in [5, 5.41) is 14.6. The van der Waals surface area contributed by atoms with Gasteiger partial charge in [-0.1, -0.05) is 6.58 Å². The molecule has 2 N–H and O–H groups in total. The zero-order chi connectivity index (χ0) is 15.1. The van der Waals surface area contributed by atoms with Crippen LogP contribution in [0, 0.1) is 0 Å². The molecule has 0 aromatic rings. The predicted molar refractivity (Wildman–Crippen MR) is 64.7 cm³/mol. The van der Waals surface area contributed by atoms with E-state index in [2.05, 4.69) is 17.2 Å². The maximum Gasteiger partial charge on any atom is 1.00 e. The number of carboxylic acid groups (broad SMARTS) is 1. The monoisotopic (exact) mass is 292 g/mol. The van der Waals surface area contributed by atoms with E-state index >= 15 is 0 Å². The molecule has 0 saturated heterocycles. The van der Waals surface area contributed by atoms with E-state index in [1.165, 1.54) is 13.8 Å². The van der Waals surface area contributed by atoms with Gasteiger partial charge in [-0.25, -0.2) is 0 Å². The van der Waals surface area contributed by atoms with Crippen LogP contribution in [-0.2, 0) is 19.2 Å². The normalized spacial score (nSPS) is 9.90. The molecule has 0 saturated carbocycles. The van der Waals surface area contributed by atoms with Crippen molar-refractivity contribution < 1.29 is 53.8 Å². The number of carboxylic acids is 1. The third-order valence-electron chi connectivity index (χ3n) is 2.33. The fourth-order valence-corrected chi connectivity index (χ4v) is 1.23. The summed E-state index contributed by atoms with van der Waals surface area (Å²) in [6.07, 6.45) is 0.782. The van der Waals surface area contributed by atoms with Gasteiger partial charge in [0, 0.05) is 12.8 Å². The van der Waals surface area contributed by atoms with Gasteiger partial charge >= 0.3 is 29.6 Å². The largest absolute Gasteiger partial charge is 1.00 e.